The van der Waals surface area contributed by atoms with Gasteiger partial charge in [-0.05, 0) is 37.8 Å². The first-order valence-corrected chi connectivity index (χ1v) is 8.57. The molecule has 0 fully saturated rings. The summed E-state index contributed by atoms with van der Waals surface area (Å²) in [6, 6.07) is 3.76. The first kappa shape index (κ1) is 16.6. The molecule has 5 heteroatoms. The summed E-state index contributed by atoms with van der Waals surface area (Å²) in [6.07, 6.45) is 6.21. The molecule has 1 aromatic rings. The summed E-state index contributed by atoms with van der Waals surface area (Å²) in [5.74, 6) is -1.09. The largest absolute Gasteiger partial charge is 0.465 e. The van der Waals surface area contributed by atoms with Crippen LogP contribution in [0.4, 0.5) is 0 Å². The van der Waals surface area contributed by atoms with E-state index < -0.39 is 5.92 Å². The number of ether oxygens (including phenoxy) is 1. The van der Waals surface area contributed by atoms with E-state index in [9.17, 15) is 9.59 Å². The molecular weight excluding hydrogens is 304 g/mol. The Labute approximate surface area is 141 Å². The van der Waals surface area contributed by atoms with Crippen LogP contribution in [0.25, 0.3) is 0 Å². The molecule has 0 saturated carbocycles. The highest BCUT2D eigenvalue weighted by atomic mass is 16.5. The molecule has 126 valence electrons. The van der Waals surface area contributed by atoms with E-state index in [-0.39, 0.29) is 17.7 Å². The molecule has 2 aliphatic rings. The van der Waals surface area contributed by atoms with Crippen LogP contribution in [0, 0.1) is 5.92 Å². The number of Topliss-reactive ketones (excluding diaryl/α,β-unsaturated/α-hetero) is 1. The van der Waals surface area contributed by atoms with Gasteiger partial charge in [-0.25, -0.2) is 0 Å². The van der Waals surface area contributed by atoms with Gasteiger partial charge in [0.05, 0.1) is 6.61 Å². The molecule has 2 heterocycles. The fourth-order valence-corrected chi connectivity index (χ4v) is 3.64. The first-order valence-electron chi connectivity index (χ1n) is 8.57. The third kappa shape index (κ3) is 2.90. The molecule has 5 nitrogen and oxygen atoms in total. The molecule has 2 atom stereocenters. The highest BCUT2D eigenvalue weighted by molar-refractivity contribution is 6.09. The van der Waals surface area contributed by atoms with Crippen molar-refractivity contribution in [2.24, 2.45) is 10.9 Å². The van der Waals surface area contributed by atoms with E-state index in [2.05, 4.69) is 9.98 Å². The van der Waals surface area contributed by atoms with Crippen molar-refractivity contribution in [3.63, 3.8) is 0 Å². The minimum Gasteiger partial charge on any atom is -0.465 e. The number of carbonyl (C=O) groups is 2. The fraction of sp³-hybridized carbons (Fsp3) is 0.474. The van der Waals surface area contributed by atoms with Crippen molar-refractivity contribution in [2.75, 3.05) is 6.61 Å². The van der Waals surface area contributed by atoms with Crippen molar-refractivity contribution in [1.82, 2.24) is 4.98 Å². The van der Waals surface area contributed by atoms with Gasteiger partial charge in [0.25, 0.3) is 0 Å². The molecule has 0 bridgehead atoms. The third-order valence-electron chi connectivity index (χ3n) is 4.66. The average molecular weight is 326 g/mol. The summed E-state index contributed by atoms with van der Waals surface area (Å²) in [5, 5.41) is 0. The van der Waals surface area contributed by atoms with Crippen LogP contribution in [-0.4, -0.2) is 29.1 Å². The zero-order valence-electron chi connectivity index (χ0n) is 14.1. The monoisotopic (exact) mass is 326 g/mol. The molecule has 0 radical (unpaired) electrons. The van der Waals surface area contributed by atoms with Gasteiger partial charge in [0.1, 0.15) is 5.92 Å². The lowest BCUT2D eigenvalue weighted by atomic mass is 9.71. The van der Waals surface area contributed by atoms with Gasteiger partial charge in [-0.15, -0.1) is 0 Å². The van der Waals surface area contributed by atoms with Gasteiger partial charge < -0.3 is 4.74 Å². The smallest absolute Gasteiger partial charge is 0.315 e. The Morgan fingerprint density at radius 3 is 2.83 bits per heavy atom. The minimum absolute atomic E-state index is 0.0957. The van der Waals surface area contributed by atoms with E-state index in [4.69, 9.17) is 4.74 Å². The number of ketones is 1. The molecule has 1 aliphatic heterocycles. The van der Waals surface area contributed by atoms with E-state index in [0.29, 0.717) is 25.0 Å². The van der Waals surface area contributed by atoms with Crippen LogP contribution in [0.3, 0.4) is 0 Å². The van der Waals surface area contributed by atoms with Crippen LogP contribution in [0.15, 0.2) is 40.8 Å². The predicted molar refractivity (Wildman–Crippen MR) is 90.7 cm³/mol. The fourth-order valence-electron chi connectivity index (χ4n) is 3.64. The van der Waals surface area contributed by atoms with E-state index >= 15 is 0 Å². The van der Waals surface area contributed by atoms with E-state index in [0.717, 1.165) is 29.8 Å². The molecule has 0 spiro atoms. The number of esters is 1. The molecule has 1 aliphatic carbocycles. The van der Waals surface area contributed by atoms with Crippen molar-refractivity contribution in [2.45, 2.75) is 45.4 Å². The molecule has 1 aromatic heterocycles. The Balaban J connectivity index is 2.16. The van der Waals surface area contributed by atoms with Crippen LogP contribution in [0.2, 0.25) is 0 Å². The summed E-state index contributed by atoms with van der Waals surface area (Å²) < 4.78 is 5.31. The highest BCUT2D eigenvalue weighted by Crippen LogP contribution is 2.43. The number of nitrogens with zero attached hydrogens (tertiary/aromatic N) is 2. The Hall–Kier alpha value is -2.30. The third-order valence-corrected chi connectivity index (χ3v) is 4.66. The van der Waals surface area contributed by atoms with Gasteiger partial charge >= 0.3 is 5.97 Å². The van der Waals surface area contributed by atoms with Crippen LogP contribution >= 0.6 is 0 Å². The maximum absolute atomic E-state index is 12.7. The lowest BCUT2D eigenvalue weighted by Crippen LogP contribution is -2.38. The standard InChI is InChI=1S/C19H22N2O3/c1-3-13-18(19(23)24-4-2)16(12-7-6-10-20-11-12)17-14(21-13)8-5-9-15(17)22/h6-7,10-11,16,18H,3-5,8-9H2,1-2H3/t16-,18?/m1/s1. The number of allylic oxidation sites excluding steroid dienone is 2. The first-order chi connectivity index (χ1) is 11.7. The number of pyridine rings is 1. The van der Waals surface area contributed by atoms with Crippen LogP contribution in [-0.2, 0) is 14.3 Å². The Morgan fingerprint density at radius 2 is 2.17 bits per heavy atom. The number of rotatable bonds is 4. The quantitative estimate of drug-likeness (QED) is 0.797. The lowest BCUT2D eigenvalue weighted by molar-refractivity contribution is -0.146. The Morgan fingerprint density at radius 1 is 1.33 bits per heavy atom. The topological polar surface area (TPSA) is 68.6 Å². The summed E-state index contributed by atoms with van der Waals surface area (Å²) >= 11 is 0. The van der Waals surface area contributed by atoms with Gasteiger partial charge in [0, 0.05) is 41.7 Å². The van der Waals surface area contributed by atoms with Gasteiger partial charge in [0.2, 0.25) is 0 Å². The van der Waals surface area contributed by atoms with E-state index in [1.54, 1.807) is 19.3 Å². The Bertz CT molecular complexity index is 707. The number of aliphatic imine (C=N–C) groups is 1. The minimum atomic E-state index is -0.542. The van der Waals surface area contributed by atoms with Gasteiger partial charge in [-0.1, -0.05) is 13.0 Å². The molecule has 0 N–H and O–H groups in total. The summed E-state index contributed by atoms with van der Waals surface area (Å²) in [5.41, 5.74) is 3.21. The van der Waals surface area contributed by atoms with Crippen LogP contribution in [0.1, 0.15) is 51.0 Å². The molecular formula is C19H22N2O3. The zero-order chi connectivity index (χ0) is 17.1. The maximum atomic E-state index is 12.7. The van der Waals surface area contributed by atoms with Gasteiger partial charge in [0.15, 0.2) is 5.78 Å². The van der Waals surface area contributed by atoms with E-state index in [1.807, 2.05) is 19.1 Å². The highest BCUT2D eigenvalue weighted by Gasteiger charge is 2.43. The normalized spacial score (nSPS) is 23.6. The number of hydrogen-bond acceptors (Lipinski definition) is 5. The second kappa shape index (κ2) is 7.07. The predicted octanol–water partition coefficient (Wildman–Crippen LogP) is 3.22. The van der Waals surface area contributed by atoms with Crippen molar-refractivity contribution >= 4 is 17.5 Å². The van der Waals surface area contributed by atoms with Crippen LogP contribution < -0.4 is 0 Å². The molecule has 1 unspecified atom stereocenters. The second-order valence-corrected chi connectivity index (χ2v) is 6.09. The molecule has 0 amide bonds. The van der Waals surface area contributed by atoms with Gasteiger partial charge in [-0.3, -0.25) is 19.6 Å². The molecule has 3 rings (SSSR count). The zero-order valence-corrected chi connectivity index (χ0v) is 14.1. The number of carbonyl (C=O) groups excluding carboxylic acids is 2. The Kier molecular flexibility index (Phi) is 4.88. The summed E-state index contributed by atoms with van der Waals surface area (Å²) in [7, 11) is 0. The molecule has 0 aromatic carbocycles. The summed E-state index contributed by atoms with van der Waals surface area (Å²) in [4.78, 5) is 34.2. The maximum Gasteiger partial charge on any atom is 0.315 e. The van der Waals surface area contributed by atoms with Gasteiger partial charge in [-0.2, -0.15) is 0 Å². The second-order valence-electron chi connectivity index (χ2n) is 6.09. The van der Waals surface area contributed by atoms with Crippen molar-refractivity contribution < 1.29 is 14.3 Å². The number of hydrogen-bond donors (Lipinski definition) is 0. The molecule has 0 saturated heterocycles. The molecule has 24 heavy (non-hydrogen) atoms. The van der Waals surface area contributed by atoms with Crippen molar-refractivity contribution in [3.8, 4) is 0 Å². The van der Waals surface area contributed by atoms with Crippen molar-refractivity contribution in [1.29, 1.82) is 0 Å². The number of aromatic nitrogens is 1. The van der Waals surface area contributed by atoms with Crippen LogP contribution in [0.5, 0.6) is 0 Å². The van der Waals surface area contributed by atoms with E-state index in [1.165, 1.54) is 0 Å². The summed E-state index contributed by atoms with van der Waals surface area (Å²) in [6.45, 7) is 4.09. The lowest BCUT2D eigenvalue weighted by Gasteiger charge is -2.34. The SMILES string of the molecule is CCOC(=O)C1C(CC)=NC2=C(C(=O)CCC2)[C@H]1c1cccnc1. The average Bonchev–Trinajstić information content (AvgIpc) is 2.61. The van der Waals surface area contributed by atoms with Crippen molar-refractivity contribution in [3.05, 3.63) is 41.4 Å².